The number of methoxy groups -OCH3 is 2. The third-order valence-electron chi connectivity index (χ3n) is 2.72. The number of hydrogen-bond donors (Lipinski definition) is 1. The summed E-state index contributed by atoms with van der Waals surface area (Å²) in [6.45, 7) is 0.405. The monoisotopic (exact) mass is 259 g/mol. The van der Waals surface area contributed by atoms with E-state index in [4.69, 9.17) is 19.9 Å². The number of hydrogen-bond acceptors (Lipinski definition) is 4. The van der Waals surface area contributed by atoms with Gasteiger partial charge in [0, 0.05) is 5.69 Å². The van der Waals surface area contributed by atoms with Gasteiger partial charge in [-0.2, -0.15) is 0 Å². The normalized spacial score (nSPS) is 10.0. The smallest absolute Gasteiger partial charge is 0.203 e. The standard InChI is InChI=1S/C15H17NO3/c1-17-13-7-4-8-14(18-2)15(13)19-10-11-5-3-6-12(16)9-11/h3-9H,10,16H2,1-2H3. The zero-order valence-electron chi connectivity index (χ0n) is 11.1. The lowest BCUT2D eigenvalue weighted by molar-refractivity contribution is 0.266. The van der Waals surface area contributed by atoms with E-state index in [-0.39, 0.29) is 0 Å². The third kappa shape index (κ3) is 3.10. The lowest BCUT2D eigenvalue weighted by Gasteiger charge is -2.14. The van der Waals surface area contributed by atoms with E-state index in [9.17, 15) is 0 Å². The number of anilines is 1. The highest BCUT2D eigenvalue weighted by atomic mass is 16.5. The molecule has 2 N–H and O–H groups in total. The average Bonchev–Trinajstić information content (AvgIpc) is 2.44. The summed E-state index contributed by atoms with van der Waals surface area (Å²) in [6.07, 6.45) is 0. The summed E-state index contributed by atoms with van der Waals surface area (Å²) in [5.41, 5.74) is 7.44. The molecule has 0 radical (unpaired) electrons. The van der Waals surface area contributed by atoms with Crippen LogP contribution in [-0.4, -0.2) is 14.2 Å². The Morgan fingerprint density at radius 1 is 0.947 bits per heavy atom. The van der Waals surface area contributed by atoms with Crippen molar-refractivity contribution in [2.75, 3.05) is 20.0 Å². The molecular weight excluding hydrogens is 242 g/mol. The van der Waals surface area contributed by atoms with Crippen LogP contribution in [0.15, 0.2) is 42.5 Å². The van der Waals surface area contributed by atoms with E-state index in [0.717, 1.165) is 5.56 Å². The first kappa shape index (κ1) is 13.1. The zero-order valence-corrected chi connectivity index (χ0v) is 11.1. The molecule has 2 rings (SSSR count). The van der Waals surface area contributed by atoms with Crippen LogP contribution >= 0.6 is 0 Å². The molecular formula is C15H17NO3. The van der Waals surface area contributed by atoms with Crippen LogP contribution in [0.5, 0.6) is 17.2 Å². The molecule has 100 valence electrons. The van der Waals surface area contributed by atoms with Crippen LogP contribution in [-0.2, 0) is 6.61 Å². The lowest BCUT2D eigenvalue weighted by Crippen LogP contribution is -2.00. The highest BCUT2D eigenvalue weighted by molar-refractivity contribution is 5.51. The summed E-state index contributed by atoms with van der Waals surface area (Å²) < 4.78 is 16.3. The predicted molar refractivity (Wildman–Crippen MR) is 74.7 cm³/mol. The zero-order chi connectivity index (χ0) is 13.7. The second-order valence-electron chi connectivity index (χ2n) is 4.03. The van der Waals surface area contributed by atoms with Crippen molar-refractivity contribution in [1.29, 1.82) is 0 Å². The number of nitrogens with two attached hydrogens (primary N) is 1. The number of nitrogen functional groups attached to an aromatic ring is 1. The average molecular weight is 259 g/mol. The summed E-state index contributed by atoms with van der Waals surface area (Å²) in [6, 6.07) is 13.1. The second-order valence-corrected chi connectivity index (χ2v) is 4.03. The van der Waals surface area contributed by atoms with Crippen LogP contribution in [0.25, 0.3) is 0 Å². The van der Waals surface area contributed by atoms with E-state index in [0.29, 0.717) is 29.5 Å². The fourth-order valence-electron chi connectivity index (χ4n) is 1.80. The molecule has 0 spiro atoms. The summed E-state index contributed by atoms with van der Waals surface area (Å²) in [4.78, 5) is 0. The van der Waals surface area contributed by atoms with Gasteiger partial charge < -0.3 is 19.9 Å². The second kappa shape index (κ2) is 6.00. The molecule has 19 heavy (non-hydrogen) atoms. The SMILES string of the molecule is COc1cccc(OC)c1OCc1cccc(N)c1. The van der Waals surface area contributed by atoms with E-state index in [1.807, 2.05) is 42.5 Å². The van der Waals surface area contributed by atoms with Crippen molar-refractivity contribution in [2.45, 2.75) is 6.61 Å². The summed E-state index contributed by atoms with van der Waals surface area (Å²) >= 11 is 0. The molecule has 2 aromatic rings. The van der Waals surface area contributed by atoms with Crippen LogP contribution in [0, 0.1) is 0 Å². The van der Waals surface area contributed by atoms with Crippen LogP contribution in [0.1, 0.15) is 5.56 Å². The van der Waals surface area contributed by atoms with Crippen LogP contribution in [0.3, 0.4) is 0 Å². The quantitative estimate of drug-likeness (QED) is 0.839. The Balaban J connectivity index is 2.19. The predicted octanol–water partition coefficient (Wildman–Crippen LogP) is 2.87. The summed E-state index contributed by atoms with van der Waals surface area (Å²) in [5.74, 6) is 1.88. The Morgan fingerprint density at radius 2 is 1.58 bits per heavy atom. The van der Waals surface area contributed by atoms with E-state index in [2.05, 4.69) is 0 Å². The molecule has 0 bridgehead atoms. The number of benzene rings is 2. The highest BCUT2D eigenvalue weighted by Gasteiger charge is 2.11. The van der Waals surface area contributed by atoms with E-state index in [1.165, 1.54) is 0 Å². The van der Waals surface area contributed by atoms with Crippen LogP contribution in [0.2, 0.25) is 0 Å². The molecule has 0 amide bonds. The molecule has 0 atom stereocenters. The molecule has 0 heterocycles. The number of rotatable bonds is 5. The Hall–Kier alpha value is -2.36. The Morgan fingerprint density at radius 3 is 2.16 bits per heavy atom. The maximum Gasteiger partial charge on any atom is 0.203 e. The van der Waals surface area contributed by atoms with Crippen molar-refractivity contribution in [1.82, 2.24) is 0 Å². The van der Waals surface area contributed by atoms with Gasteiger partial charge in [-0.15, -0.1) is 0 Å². The third-order valence-corrected chi connectivity index (χ3v) is 2.72. The van der Waals surface area contributed by atoms with Crippen LogP contribution < -0.4 is 19.9 Å². The van der Waals surface area contributed by atoms with Gasteiger partial charge in [-0.3, -0.25) is 0 Å². The Kier molecular flexibility index (Phi) is 4.13. The molecule has 0 aliphatic heterocycles. The molecule has 0 aromatic heterocycles. The summed E-state index contributed by atoms with van der Waals surface area (Å²) in [7, 11) is 3.20. The highest BCUT2D eigenvalue weighted by Crippen LogP contribution is 2.37. The number of para-hydroxylation sites is 1. The van der Waals surface area contributed by atoms with Crippen molar-refractivity contribution in [3.63, 3.8) is 0 Å². The lowest BCUT2D eigenvalue weighted by atomic mass is 10.2. The van der Waals surface area contributed by atoms with Gasteiger partial charge in [0.15, 0.2) is 11.5 Å². The van der Waals surface area contributed by atoms with Crippen molar-refractivity contribution >= 4 is 5.69 Å². The Labute approximate surface area is 112 Å². The van der Waals surface area contributed by atoms with E-state index < -0.39 is 0 Å². The largest absolute Gasteiger partial charge is 0.493 e. The number of ether oxygens (including phenoxy) is 3. The minimum Gasteiger partial charge on any atom is -0.493 e. The molecule has 0 aliphatic carbocycles. The molecule has 0 saturated carbocycles. The van der Waals surface area contributed by atoms with Crippen molar-refractivity contribution in [3.05, 3.63) is 48.0 Å². The fraction of sp³-hybridized carbons (Fsp3) is 0.200. The van der Waals surface area contributed by atoms with Gasteiger partial charge in [0.1, 0.15) is 6.61 Å². The topological polar surface area (TPSA) is 53.7 Å². The van der Waals surface area contributed by atoms with Crippen molar-refractivity contribution in [3.8, 4) is 17.2 Å². The van der Waals surface area contributed by atoms with Gasteiger partial charge in [0.25, 0.3) is 0 Å². The van der Waals surface area contributed by atoms with E-state index >= 15 is 0 Å². The van der Waals surface area contributed by atoms with Gasteiger partial charge >= 0.3 is 0 Å². The van der Waals surface area contributed by atoms with Gasteiger partial charge in [-0.25, -0.2) is 0 Å². The molecule has 0 fully saturated rings. The maximum atomic E-state index is 5.79. The molecule has 0 aliphatic rings. The molecule has 0 saturated heterocycles. The maximum absolute atomic E-state index is 5.79. The Bertz CT molecular complexity index is 533. The fourth-order valence-corrected chi connectivity index (χ4v) is 1.80. The molecule has 2 aromatic carbocycles. The van der Waals surface area contributed by atoms with Crippen LogP contribution in [0.4, 0.5) is 5.69 Å². The molecule has 4 heteroatoms. The van der Waals surface area contributed by atoms with Gasteiger partial charge in [0.2, 0.25) is 5.75 Å². The first-order valence-corrected chi connectivity index (χ1v) is 5.93. The van der Waals surface area contributed by atoms with Crippen molar-refractivity contribution < 1.29 is 14.2 Å². The molecule has 4 nitrogen and oxygen atoms in total. The van der Waals surface area contributed by atoms with E-state index in [1.54, 1.807) is 14.2 Å². The minimum atomic E-state index is 0.405. The van der Waals surface area contributed by atoms with Gasteiger partial charge in [-0.05, 0) is 29.8 Å². The van der Waals surface area contributed by atoms with Gasteiger partial charge in [-0.1, -0.05) is 18.2 Å². The first-order chi connectivity index (χ1) is 9.24. The van der Waals surface area contributed by atoms with Gasteiger partial charge in [0.05, 0.1) is 14.2 Å². The minimum absolute atomic E-state index is 0.405. The summed E-state index contributed by atoms with van der Waals surface area (Å²) in [5, 5.41) is 0. The molecule has 0 unspecified atom stereocenters. The van der Waals surface area contributed by atoms with Crippen molar-refractivity contribution in [2.24, 2.45) is 0 Å². The first-order valence-electron chi connectivity index (χ1n) is 5.93.